The predicted molar refractivity (Wildman–Crippen MR) is 74.3 cm³/mol. The van der Waals surface area contributed by atoms with Crippen LogP contribution in [0.5, 0.6) is 0 Å². The number of ketones is 1. The Morgan fingerprint density at radius 2 is 2.15 bits per heavy atom. The van der Waals surface area contributed by atoms with Crippen molar-refractivity contribution in [2.75, 3.05) is 0 Å². The van der Waals surface area contributed by atoms with Gasteiger partial charge in [0.25, 0.3) is 5.82 Å². The molecule has 0 unspecified atom stereocenters. The molecule has 0 aliphatic heterocycles. The van der Waals surface area contributed by atoms with E-state index in [0.717, 1.165) is 29.5 Å². The highest BCUT2D eigenvalue weighted by atomic mass is 16.1. The Morgan fingerprint density at radius 1 is 1.35 bits per heavy atom. The Balaban J connectivity index is 2.26. The maximum Gasteiger partial charge on any atom is 0.252 e. The van der Waals surface area contributed by atoms with Crippen molar-refractivity contribution in [2.45, 2.75) is 33.2 Å². The molecule has 0 aliphatic rings. The molecular weight excluding hydrogens is 252 g/mol. The van der Waals surface area contributed by atoms with Gasteiger partial charge in [-0.3, -0.25) is 4.79 Å². The first-order chi connectivity index (χ1) is 9.67. The van der Waals surface area contributed by atoms with E-state index in [9.17, 15) is 4.79 Å². The van der Waals surface area contributed by atoms with Crippen LogP contribution >= 0.6 is 0 Å². The van der Waals surface area contributed by atoms with Crippen LogP contribution in [0.4, 0.5) is 0 Å². The summed E-state index contributed by atoms with van der Waals surface area (Å²) in [5.41, 5.74) is 2.91. The van der Waals surface area contributed by atoms with Gasteiger partial charge in [0, 0.05) is 5.56 Å². The maximum atomic E-state index is 12.4. The van der Waals surface area contributed by atoms with Gasteiger partial charge < -0.3 is 0 Å². The first-order valence-electron chi connectivity index (χ1n) is 6.62. The zero-order valence-electron chi connectivity index (χ0n) is 11.6. The molecule has 2 aromatic rings. The monoisotopic (exact) mass is 268 g/mol. The van der Waals surface area contributed by atoms with Crippen molar-refractivity contribution in [3.8, 4) is 6.07 Å². The topological polar surface area (TPSA) is 71.6 Å². The molecule has 20 heavy (non-hydrogen) atoms. The number of benzene rings is 1. The molecule has 5 heteroatoms. The van der Waals surface area contributed by atoms with Crippen LogP contribution in [0.2, 0.25) is 0 Å². The summed E-state index contributed by atoms with van der Waals surface area (Å²) >= 11 is 0. The van der Waals surface area contributed by atoms with Crippen molar-refractivity contribution in [3.05, 3.63) is 47.0 Å². The maximum absolute atomic E-state index is 12.4. The summed E-state index contributed by atoms with van der Waals surface area (Å²) in [4.78, 5) is 16.2. The SMILES string of the molecule is CCc1ccc(CC)c(C(=O)Cn2cnc(C#N)n2)c1. The number of nitrogens with zero attached hydrogens (tertiary/aromatic N) is 4. The first-order valence-corrected chi connectivity index (χ1v) is 6.62. The number of carbonyl (C=O) groups is 1. The number of aryl methyl sites for hydroxylation is 2. The third-order valence-electron chi connectivity index (χ3n) is 3.21. The molecule has 0 fully saturated rings. The fourth-order valence-corrected chi connectivity index (χ4v) is 2.07. The van der Waals surface area contributed by atoms with Crippen LogP contribution < -0.4 is 0 Å². The van der Waals surface area contributed by atoms with Crippen LogP contribution in [0.25, 0.3) is 0 Å². The molecule has 2 rings (SSSR count). The second-order valence-corrected chi connectivity index (χ2v) is 4.50. The van der Waals surface area contributed by atoms with Gasteiger partial charge in [0.15, 0.2) is 5.78 Å². The molecule has 0 atom stereocenters. The standard InChI is InChI=1S/C15H16N4O/c1-3-11-5-6-12(4-2)13(7-11)14(20)9-19-10-17-15(8-16)18-19/h5-7,10H,3-4,9H2,1-2H3. The van der Waals surface area contributed by atoms with E-state index < -0.39 is 0 Å². The predicted octanol–water partition coefficient (Wildman–Crippen LogP) is 2.16. The smallest absolute Gasteiger partial charge is 0.252 e. The van der Waals surface area contributed by atoms with Crippen molar-refractivity contribution in [3.63, 3.8) is 0 Å². The van der Waals surface area contributed by atoms with E-state index in [2.05, 4.69) is 23.1 Å². The normalized spacial score (nSPS) is 10.2. The summed E-state index contributed by atoms with van der Waals surface area (Å²) in [6.07, 6.45) is 3.11. The van der Waals surface area contributed by atoms with E-state index in [1.54, 1.807) is 0 Å². The fourth-order valence-electron chi connectivity index (χ4n) is 2.07. The van der Waals surface area contributed by atoms with Gasteiger partial charge in [-0.05, 0) is 30.0 Å². The second kappa shape index (κ2) is 6.11. The molecule has 1 heterocycles. The molecular formula is C15H16N4O. The van der Waals surface area contributed by atoms with Gasteiger partial charge in [-0.15, -0.1) is 5.10 Å². The molecule has 1 aromatic heterocycles. The third kappa shape index (κ3) is 2.91. The van der Waals surface area contributed by atoms with Crippen molar-refractivity contribution < 1.29 is 4.79 Å². The molecule has 0 radical (unpaired) electrons. The Bertz CT molecular complexity index is 667. The molecule has 1 aromatic carbocycles. The highest BCUT2D eigenvalue weighted by Gasteiger charge is 2.13. The molecule has 0 spiro atoms. The third-order valence-corrected chi connectivity index (χ3v) is 3.21. The zero-order chi connectivity index (χ0) is 14.5. The second-order valence-electron chi connectivity index (χ2n) is 4.50. The summed E-state index contributed by atoms with van der Waals surface area (Å²) in [5, 5.41) is 12.6. The van der Waals surface area contributed by atoms with E-state index in [0.29, 0.717) is 0 Å². The summed E-state index contributed by atoms with van der Waals surface area (Å²) in [6.45, 7) is 4.20. The lowest BCUT2D eigenvalue weighted by Gasteiger charge is -2.09. The van der Waals surface area contributed by atoms with E-state index in [-0.39, 0.29) is 18.2 Å². The Labute approximate surface area is 117 Å². The molecule has 0 N–H and O–H groups in total. The lowest BCUT2D eigenvalue weighted by atomic mass is 9.98. The van der Waals surface area contributed by atoms with E-state index in [1.165, 1.54) is 11.0 Å². The number of hydrogen-bond acceptors (Lipinski definition) is 4. The van der Waals surface area contributed by atoms with Crippen molar-refractivity contribution in [2.24, 2.45) is 0 Å². The minimum absolute atomic E-state index is 0.00783. The van der Waals surface area contributed by atoms with E-state index in [4.69, 9.17) is 5.26 Å². The van der Waals surface area contributed by atoms with E-state index >= 15 is 0 Å². The highest BCUT2D eigenvalue weighted by Crippen LogP contribution is 2.15. The minimum Gasteiger partial charge on any atom is -0.292 e. The van der Waals surface area contributed by atoms with Crippen LogP contribution in [0.15, 0.2) is 24.5 Å². The van der Waals surface area contributed by atoms with Gasteiger partial charge in [-0.1, -0.05) is 26.0 Å². The van der Waals surface area contributed by atoms with Crippen LogP contribution in [0.3, 0.4) is 0 Å². The summed E-state index contributed by atoms with van der Waals surface area (Å²) in [5.74, 6) is 0.0716. The number of rotatable bonds is 5. The van der Waals surface area contributed by atoms with Crippen LogP contribution in [-0.4, -0.2) is 20.5 Å². The Kier molecular flexibility index (Phi) is 4.26. The number of hydrogen-bond donors (Lipinski definition) is 0. The Hall–Kier alpha value is -2.48. The molecule has 0 saturated heterocycles. The molecule has 0 saturated carbocycles. The number of carbonyl (C=O) groups excluding carboxylic acids is 1. The lowest BCUT2D eigenvalue weighted by Crippen LogP contribution is -2.13. The van der Waals surface area contributed by atoms with Gasteiger partial charge in [0.2, 0.25) is 0 Å². The molecule has 0 bridgehead atoms. The first kappa shape index (κ1) is 13.9. The van der Waals surface area contributed by atoms with Gasteiger partial charge in [0.1, 0.15) is 18.9 Å². The minimum atomic E-state index is -0.00783. The zero-order valence-corrected chi connectivity index (χ0v) is 11.6. The van der Waals surface area contributed by atoms with E-state index in [1.807, 2.05) is 25.1 Å². The van der Waals surface area contributed by atoms with Crippen LogP contribution in [0, 0.1) is 11.3 Å². The average Bonchev–Trinajstić information content (AvgIpc) is 2.94. The van der Waals surface area contributed by atoms with Gasteiger partial charge >= 0.3 is 0 Å². The molecule has 0 aliphatic carbocycles. The summed E-state index contributed by atoms with van der Waals surface area (Å²) < 4.78 is 1.40. The largest absolute Gasteiger partial charge is 0.292 e. The quantitative estimate of drug-likeness (QED) is 0.779. The van der Waals surface area contributed by atoms with Crippen molar-refractivity contribution in [1.82, 2.24) is 14.8 Å². The van der Waals surface area contributed by atoms with Gasteiger partial charge in [-0.2, -0.15) is 5.26 Å². The molecule has 5 nitrogen and oxygen atoms in total. The molecule has 102 valence electrons. The van der Waals surface area contributed by atoms with Gasteiger partial charge in [0.05, 0.1) is 0 Å². The molecule has 0 amide bonds. The van der Waals surface area contributed by atoms with Crippen LogP contribution in [-0.2, 0) is 19.4 Å². The van der Waals surface area contributed by atoms with Crippen LogP contribution in [0.1, 0.15) is 41.2 Å². The van der Waals surface area contributed by atoms with Crippen molar-refractivity contribution >= 4 is 5.78 Å². The number of Topliss-reactive ketones (excluding diaryl/α,β-unsaturated/α-hetero) is 1. The van der Waals surface area contributed by atoms with Gasteiger partial charge in [-0.25, -0.2) is 9.67 Å². The fraction of sp³-hybridized carbons (Fsp3) is 0.333. The summed E-state index contributed by atoms with van der Waals surface area (Å²) in [7, 11) is 0. The number of nitriles is 1. The number of aromatic nitrogens is 3. The Morgan fingerprint density at radius 3 is 2.75 bits per heavy atom. The van der Waals surface area contributed by atoms with Crippen molar-refractivity contribution in [1.29, 1.82) is 5.26 Å². The highest BCUT2D eigenvalue weighted by molar-refractivity contribution is 5.97. The summed E-state index contributed by atoms with van der Waals surface area (Å²) in [6, 6.07) is 7.86. The lowest BCUT2D eigenvalue weighted by molar-refractivity contribution is 0.0966. The average molecular weight is 268 g/mol.